The minimum absolute atomic E-state index is 0.0110. The second kappa shape index (κ2) is 7.65. The van der Waals surface area contributed by atoms with Crippen LogP contribution >= 0.6 is 0 Å². The van der Waals surface area contributed by atoms with E-state index in [4.69, 9.17) is 5.11 Å². The Labute approximate surface area is 118 Å². The number of benzene rings is 1. The standard InChI is InChI=1S/C13H16N2O4S/c1-14-13(17)10-15-20(18,19)12-7-5-11(6-8-12)4-2-3-9-16/h5-8,15-16H,3,9-10H2,1H3,(H,14,17). The number of carbonyl (C=O) groups excluding carboxylic acids is 1. The van der Waals surface area contributed by atoms with Gasteiger partial charge in [0.2, 0.25) is 15.9 Å². The average Bonchev–Trinajstić information content (AvgIpc) is 2.45. The lowest BCUT2D eigenvalue weighted by Gasteiger charge is -2.05. The van der Waals surface area contributed by atoms with Crippen LogP contribution in [0.15, 0.2) is 29.2 Å². The van der Waals surface area contributed by atoms with Crippen LogP contribution in [0.2, 0.25) is 0 Å². The molecule has 0 saturated heterocycles. The molecular weight excluding hydrogens is 280 g/mol. The molecule has 0 unspecified atom stereocenters. The number of rotatable bonds is 5. The number of sulfonamides is 1. The lowest BCUT2D eigenvalue weighted by atomic mass is 10.2. The molecular formula is C13H16N2O4S. The molecule has 0 saturated carbocycles. The van der Waals surface area contributed by atoms with Crippen LogP contribution in [0, 0.1) is 11.8 Å². The summed E-state index contributed by atoms with van der Waals surface area (Å²) in [5, 5.41) is 10.9. The zero-order valence-electron chi connectivity index (χ0n) is 11.0. The highest BCUT2D eigenvalue weighted by molar-refractivity contribution is 7.89. The molecule has 1 amide bonds. The molecule has 0 aliphatic heterocycles. The van der Waals surface area contributed by atoms with E-state index in [1.54, 1.807) is 12.1 Å². The van der Waals surface area contributed by atoms with Crippen molar-refractivity contribution in [3.63, 3.8) is 0 Å². The highest BCUT2D eigenvalue weighted by Gasteiger charge is 2.14. The predicted octanol–water partition coefficient (Wildman–Crippen LogP) is -0.555. The molecule has 0 atom stereocenters. The van der Waals surface area contributed by atoms with Gasteiger partial charge in [0.1, 0.15) is 0 Å². The molecule has 1 aromatic rings. The van der Waals surface area contributed by atoms with Gasteiger partial charge in [-0.1, -0.05) is 11.8 Å². The summed E-state index contributed by atoms with van der Waals surface area (Å²) in [7, 11) is -2.28. The third-order valence-corrected chi connectivity index (χ3v) is 3.75. The van der Waals surface area contributed by atoms with Crippen LogP contribution in [0.25, 0.3) is 0 Å². The van der Waals surface area contributed by atoms with E-state index < -0.39 is 15.9 Å². The summed E-state index contributed by atoms with van der Waals surface area (Å²) in [6, 6.07) is 5.96. The number of nitrogens with one attached hydrogen (secondary N) is 2. The average molecular weight is 296 g/mol. The fourth-order valence-electron chi connectivity index (χ4n) is 1.27. The number of hydrogen-bond donors (Lipinski definition) is 3. The Balaban J connectivity index is 2.77. The maximum absolute atomic E-state index is 11.9. The molecule has 0 aromatic heterocycles. The van der Waals surface area contributed by atoms with Gasteiger partial charge < -0.3 is 10.4 Å². The van der Waals surface area contributed by atoms with E-state index in [2.05, 4.69) is 21.9 Å². The minimum Gasteiger partial charge on any atom is -0.395 e. The Morgan fingerprint density at radius 1 is 1.30 bits per heavy atom. The molecule has 7 heteroatoms. The van der Waals surface area contributed by atoms with Crippen LogP contribution < -0.4 is 10.0 Å². The molecule has 108 valence electrons. The van der Waals surface area contributed by atoms with Crippen molar-refractivity contribution in [2.75, 3.05) is 20.2 Å². The second-order valence-electron chi connectivity index (χ2n) is 3.80. The minimum atomic E-state index is -3.71. The molecule has 0 aliphatic rings. The van der Waals surface area contributed by atoms with Crippen molar-refractivity contribution >= 4 is 15.9 Å². The van der Waals surface area contributed by atoms with Gasteiger partial charge in [0, 0.05) is 19.0 Å². The molecule has 20 heavy (non-hydrogen) atoms. The normalized spacial score (nSPS) is 10.5. The van der Waals surface area contributed by atoms with Crippen molar-refractivity contribution in [1.29, 1.82) is 0 Å². The van der Waals surface area contributed by atoms with Crippen molar-refractivity contribution in [3.8, 4) is 11.8 Å². The lowest BCUT2D eigenvalue weighted by Crippen LogP contribution is -2.35. The van der Waals surface area contributed by atoms with Gasteiger partial charge in [-0.2, -0.15) is 0 Å². The molecule has 0 aliphatic carbocycles. The number of aliphatic hydroxyl groups is 1. The third-order valence-electron chi connectivity index (χ3n) is 2.34. The number of aliphatic hydroxyl groups excluding tert-OH is 1. The zero-order valence-corrected chi connectivity index (χ0v) is 11.8. The molecule has 0 radical (unpaired) electrons. The van der Waals surface area contributed by atoms with Crippen molar-refractivity contribution < 1.29 is 18.3 Å². The van der Waals surface area contributed by atoms with Crippen LogP contribution in [0.4, 0.5) is 0 Å². The Bertz CT molecular complexity index is 612. The summed E-state index contributed by atoms with van der Waals surface area (Å²) >= 11 is 0. The maximum atomic E-state index is 11.9. The van der Waals surface area contributed by atoms with E-state index >= 15 is 0 Å². The molecule has 1 aromatic carbocycles. The van der Waals surface area contributed by atoms with E-state index in [0.717, 1.165) is 0 Å². The smallest absolute Gasteiger partial charge is 0.241 e. The monoisotopic (exact) mass is 296 g/mol. The van der Waals surface area contributed by atoms with Gasteiger partial charge in [-0.3, -0.25) is 4.79 Å². The topological polar surface area (TPSA) is 95.5 Å². The van der Waals surface area contributed by atoms with Crippen molar-refractivity contribution in [2.24, 2.45) is 0 Å². The third kappa shape index (κ3) is 5.01. The first kappa shape index (κ1) is 16.2. The molecule has 3 N–H and O–H groups in total. The predicted molar refractivity (Wildman–Crippen MR) is 74.3 cm³/mol. The summed E-state index contributed by atoms with van der Waals surface area (Å²) in [5.74, 6) is 5.12. The summed E-state index contributed by atoms with van der Waals surface area (Å²) in [6.07, 6.45) is 0.369. The number of hydrogen-bond acceptors (Lipinski definition) is 4. The molecule has 0 heterocycles. The maximum Gasteiger partial charge on any atom is 0.241 e. The van der Waals surface area contributed by atoms with Gasteiger partial charge >= 0.3 is 0 Å². The molecule has 0 bridgehead atoms. The summed E-state index contributed by atoms with van der Waals surface area (Å²) < 4.78 is 25.9. The Morgan fingerprint density at radius 3 is 2.50 bits per heavy atom. The second-order valence-corrected chi connectivity index (χ2v) is 5.56. The zero-order chi connectivity index (χ0) is 15.0. The molecule has 6 nitrogen and oxygen atoms in total. The van der Waals surface area contributed by atoms with Crippen LogP contribution in [0.1, 0.15) is 12.0 Å². The number of amides is 1. The van der Waals surface area contributed by atoms with Crippen LogP contribution in [0.3, 0.4) is 0 Å². The highest BCUT2D eigenvalue weighted by Crippen LogP contribution is 2.09. The van der Waals surface area contributed by atoms with E-state index in [9.17, 15) is 13.2 Å². The fourth-order valence-corrected chi connectivity index (χ4v) is 2.25. The highest BCUT2D eigenvalue weighted by atomic mass is 32.2. The molecule has 0 fully saturated rings. The van der Waals surface area contributed by atoms with Gasteiger partial charge in [0.25, 0.3) is 0 Å². The summed E-state index contributed by atoms with van der Waals surface area (Å²) in [6.45, 7) is -0.320. The van der Waals surface area contributed by atoms with Gasteiger partial charge in [-0.05, 0) is 24.3 Å². The first-order valence-electron chi connectivity index (χ1n) is 5.89. The van der Waals surface area contributed by atoms with Gasteiger partial charge in [-0.25, -0.2) is 13.1 Å². The molecule has 0 spiro atoms. The first-order chi connectivity index (χ1) is 9.49. The quantitative estimate of drug-likeness (QED) is 0.635. The number of carbonyl (C=O) groups is 1. The van der Waals surface area contributed by atoms with E-state index in [-0.39, 0.29) is 18.0 Å². The van der Waals surface area contributed by atoms with Crippen molar-refractivity contribution in [2.45, 2.75) is 11.3 Å². The lowest BCUT2D eigenvalue weighted by molar-refractivity contribution is -0.119. The Kier molecular flexibility index (Phi) is 6.18. The number of likely N-dealkylation sites (N-methyl/N-ethyl adjacent to an activating group) is 1. The first-order valence-corrected chi connectivity index (χ1v) is 7.38. The van der Waals surface area contributed by atoms with Crippen molar-refractivity contribution in [3.05, 3.63) is 29.8 Å². The van der Waals surface area contributed by atoms with Gasteiger partial charge in [-0.15, -0.1) is 0 Å². The van der Waals surface area contributed by atoms with Gasteiger partial charge in [0.05, 0.1) is 18.0 Å². The van der Waals surface area contributed by atoms with Crippen LogP contribution in [-0.4, -0.2) is 39.6 Å². The summed E-state index contributed by atoms with van der Waals surface area (Å²) in [5.41, 5.74) is 0.656. The fraction of sp³-hybridized carbons (Fsp3) is 0.308. The largest absolute Gasteiger partial charge is 0.395 e. The van der Waals surface area contributed by atoms with E-state index in [1.165, 1.54) is 19.2 Å². The Hall–Kier alpha value is -1.88. The van der Waals surface area contributed by atoms with E-state index in [0.29, 0.717) is 12.0 Å². The Morgan fingerprint density at radius 2 is 1.95 bits per heavy atom. The van der Waals surface area contributed by atoms with Crippen LogP contribution in [0.5, 0.6) is 0 Å². The van der Waals surface area contributed by atoms with Crippen molar-refractivity contribution in [1.82, 2.24) is 10.0 Å². The van der Waals surface area contributed by atoms with Gasteiger partial charge in [0.15, 0.2) is 0 Å². The molecule has 1 rings (SSSR count). The summed E-state index contributed by atoms with van der Waals surface area (Å²) in [4.78, 5) is 11.1. The van der Waals surface area contributed by atoms with Crippen LogP contribution in [-0.2, 0) is 14.8 Å². The van der Waals surface area contributed by atoms with E-state index in [1.807, 2.05) is 0 Å². The SMILES string of the molecule is CNC(=O)CNS(=O)(=O)c1ccc(C#CCCO)cc1.